The van der Waals surface area contributed by atoms with Gasteiger partial charge in [-0.25, -0.2) is 29.9 Å². The van der Waals surface area contributed by atoms with Crippen molar-refractivity contribution in [2.75, 3.05) is 0 Å². The van der Waals surface area contributed by atoms with Gasteiger partial charge in [0.05, 0.1) is 22.1 Å². The predicted octanol–water partition coefficient (Wildman–Crippen LogP) is 16.5. The first kappa shape index (κ1) is 43.9. The van der Waals surface area contributed by atoms with Gasteiger partial charge in [-0.1, -0.05) is 164 Å². The van der Waals surface area contributed by atoms with Crippen molar-refractivity contribution in [1.82, 2.24) is 39.0 Å². The molecule has 10 aromatic carbocycles. The van der Waals surface area contributed by atoms with Gasteiger partial charge in [0, 0.05) is 83.5 Å². The number of fused-ring (bicyclic) bond motifs is 9. The molecule has 0 bridgehead atoms. The normalized spacial score (nSPS) is 11.9. The Morgan fingerprint density at radius 2 is 0.662 bits per heavy atom. The Hall–Kier alpha value is -10.6. The summed E-state index contributed by atoms with van der Waals surface area (Å²) < 4.78 is 11.8. The second kappa shape index (κ2) is 18.1. The van der Waals surface area contributed by atoms with E-state index in [0.717, 1.165) is 111 Å². The van der Waals surface area contributed by atoms with Crippen LogP contribution in [0.15, 0.2) is 243 Å². The van der Waals surface area contributed by atoms with Crippen LogP contribution in [0, 0.1) is 0 Å². The predicted molar refractivity (Wildman–Crippen MR) is 310 cm³/mol. The standard InChI is InChI=1S/C68H42N8O/c1-5-17-43(18-6-1)63-69-64(44-19-7-2-8-20-44)72-67(71-63)47-29-34-50(35-30-47)75-57-27-15-14-26-53(57)56-41-49-33-38-55-60(77-61(49)42-59(56)75)40-39-54-52-25-13-16-28-58(52)76(62(54)55)51-36-31-48(32-37-51)68-73-65(45-21-9-3-10-22-45)70-66(74-68)46-23-11-4-12-24-46/h1-42H. The van der Waals surface area contributed by atoms with E-state index in [1.165, 1.54) is 0 Å². The largest absolute Gasteiger partial charge is 0.456 e. The van der Waals surface area contributed by atoms with Crippen molar-refractivity contribution >= 4 is 55.8 Å². The summed E-state index contributed by atoms with van der Waals surface area (Å²) in [7, 11) is 0. The van der Waals surface area contributed by atoms with Gasteiger partial charge < -0.3 is 13.9 Å². The number of aromatic nitrogens is 8. The average Bonchev–Trinajstić information content (AvgIpc) is 4.06. The van der Waals surface area contributed by atoms with Gasteiger partial charge in [-0.15, -0.1) is 0 Å². The minimum absolute atomic E-state index is 0.606. The molecule has 0 amide bonds. The highest BCUT2D eigenvalue weighted by Crippen LogP contribution is 2.45. The molecule has 0 fully saturated rings. The molecule has 0 radical (unpaired) electrons. The molecule has 0 saturated heterocycles. The lowest BCUT2D eigenvalue weighted by Gasteiger charge is -2.14. The van der Waals surface area contributed by atoms with Crippen molar-refractivity contribution in [2.24, 2.45) is 0 Å². The zero-order valence-corrected chi connectivity index (χ0v) is 41.2. The van der Waals surface area contributed by atoms with Crippen molar-refractivity contribution in [1.29, 1.82) is 0 Å². The van der Waals surface area contributed by atoms with E-state index in [1.54, 1.807) is 0 Å². The van der Waals surface area contributed by atoms with E-state index in [4.69, 9.17) is 34.6 Å². The van der Waals surface area contributed by atoms with Crippen LogP contribution < -0.4 is 4.74 Å². The molecule has 9 heteroatoms. The number of ether oxygens (including phenoxy) is 1. The highest BCUT2D eigenvalue weighted by molar-refractivity contribution is 6.14. The summed E-state index contributed by atoms with van der Waals surface area (Å²) >= 11 is 0. The van der Waals surface area contributed by atoms with Crippen molar-refractivity contribution < 1.29 is 4.74 Å². The smallest absolute Gasteiger partial charge is 0.164 e. The van der Waals surface area contributed by atoms with E-state index in [0.29, 0.717) is 34.9 Å². The molecule has 0 atom stereocenters. The summed E-state index contributed by atoms with van der Waals surface area (Å²) in [5.41, 5.74) is 13.8. The molecule has 0 spiro atoms. The monoisotopic (exact) mass is 986 g/mol. The molecule has 15 rings (SSSR count). The van der Waals surface area contributed by atoms with Gasteiger partial charge in [0.1, 0.15) is 11.5 Å². The quantitative estimate of drug-likeness (QED) is 0.150. The number of nitrogens with zero attached hydrogens (tertiary/aromatic N) is 8. The Labute approximate surface area is 442 Å². The molecule has 0 unspecified atom stereocenters. The summed E-state index contributed by atoms with van der Waals surface area (Å²) in [6.45, 7) is 0. The molecule has 360 valence electrons. The molecule has 0 aliphatic carbocycles. The average molecular weight is 987 g/mol. The molecule has 0 N–H and O–H groups in total. The van der Waals surface area contributed by atoms with Crippen molar-refractivity contribution in [3.63, 3.8) is 0 Å². The first-order chi connectivity index (χ1) is 38.1. The Morgan fingerprint density at radius 3 is 1.13 bits per heavy atom. The fourth-order valence-corrected chi connectivity index (χ4v) is 10.8. The second-order valence-electron chi connectivity index (χ2n) is 19.1. The van der Waals surface area contributed by atoms with Crippen LogP contribution in [0.2, 0.25) is 0 Å². The lowest BCUT2D eigenvalue weighted by molar-refractivity contribution is 0.483. The molecule has 4 aromatic heterocycles. The Balaban J connectivity index is 0.817. The van der Waals surface area contributed by atoms with Gasteiger partial charge >= 0.3 is 0 Å². The minimum Gasteiger partial charge on any atom is -0.456 e. The van der Waals surface area contributed by atoms with E-state index in [1.807, 2.05) is 121 Å². The number of hydrogen-bond acceptors (Lipinski definition) is 7. The van der Waals surface area contributed by atoms with Crippen molar-refractivity contribution in [2.45, 2.75) is 0 Å². The van der Waals surface area contributed by atoms with E-state index in [-0.39, 0.29) is 0 Å². The highest BCUT2D eigenvalue weighted by Gasteiger charge is 2.23. The minimum atomic E-state index is 0.606. The maximum Gasteiger partial charge on any atom is 0.164 e. The van der Waals surface area contributed by atoms with E-state index in [2.05, 4.69) is 143 Å². The summed E-state index contributed by atoms with van der Waals surface area (Å²) in [5.74, 6) is 5.26. The molecule has 9 nitrogen and oxygen atoms in total. The maximum absolute atomic E-state index is 7.10. The van der Waals surface area contributed by atoms with Crippen LogP contribution >= 0.6 is 0 Å². The third-order valence-electron chi connectivity index (χ3n) is 14.5. The summed E-state index contributed by atoms with van der Waals surface area (Å²) in [6.07, 6.45) is 4.41. The van der Waals surface area contributed by atoms with E-state index in [9.17, 15) is 0 Å². The topological polar surface area (TPSA) is 96.4 Å². The molecule has 14 aromatic rings. The van der Waals surface area contributed by atoms with E-state index >= 15 is 0 Å². The number of benzene rings is 10. The van der Waals surface area contributed by atoms with Crippen LogP contribution in [0.3, 0.4) is 0 Å². The van der Waals surface area contributed by atoms with Gasteiger partial charge in [0.15, 0.2) is 34.9 Å². The molecular formula is C68H42N8O. The molecule has 0 saturated carbocycles. The SMILES string of the molecule is C1=Cc2c(ccc3c4ccccc4n(-c4ccc(-c5nc(-c6ccccc6)nc(-c6ccccc6)n5)cc4)c23)Oc2cc3c(cc21)c1ccccc1n3-c1ccc(-c2nc(-c3ccccc3)nc(-c3ccccc3)n2)cc1. The van der Waals surface area contributed by atoms with Crippen LogP contribution in [-0.2, 0) is 0 Å². The molecule has 1 aliphatic heterocycles. The van der Waals surface area contributed by atoms with Crippen LogP contribution in [0.25, 0.3) is 135 Å². The Bertz CT molecular complexity index is 4500. The van der Waals surface area contributed by atoms with Crippen molar-refractivity contribution in [3.8, 4) is 91.2 Å². The van der Waals surface area contributed by atoms with E-state index < -0.39 is 0 Å². The first-order valence-corrected chi connectivity index (χ1v) is 25.6. The van der Waals surface area contributed by atoms with Crippen molar-refractivity contribution in [3.05, 3.63) is 254 Å². The van der Waals surface area contributed by atoms with Crippen LogP contribution in [0.5, 0.6) is 11.5 Å². The zero-order chi connectivity index (χ0) is 50.8. The third-order valence-corrected chi connectivity index (χ3v) is 14.5. The Kier molecular flexibility index (Phi) is 10.3. The van der Waals surface area contributed by atoms with Crippen LogP contribution in [-0.4, -0.2) is 39.0 Å². The van der Waals surface area contributed by atoms with Crippen LogP contribution in [0.1, 0.15) is 11.1 Å². The lowest BCUT2D eigenvalue weighted by atomic mass is 10.1. The first-order valence-electron chi connectivity index (χ1n) is 25.6. The van der Waals surface area contributed by atoms with Crippen LogP contribution in [0.4, 0.5) is 0 Å². The van der Waals surface area contributed by atoms with Gasteiger partial charge in [0.2, 0.25) is 0 Å². The molecule has 77 heavy (non-hydrogen) atoms. The summed E-state index contributed by atoms with van der Waals surface area (Å²) in [6, 6.07) is 83.2. The zero-order valence-electron chi connectivity index (χ0n) is 41.2. The number of para-hydroxylation sites is 2. The molecule has 1 aliphatic rings. The highest BCUT2D eigenvalue weighted by atomic mass is 16.5. The fourth-order valence-electron chi connectivity index (χ4n) is 10.8. The maximum atomic E-state index is 7.10. The van der Waals surface area contributed by atoms with Gasteiger partial charge in [-0.3, -0.25) is 0 Å². The summed E-state index contributed by atoms with van der Waals surface area (Å²) in [5, 5.41) is 4.57. The molecule has 5 heterocycles. The number of rotatable bonds is 8. The third kappa shape index (κ3) is 7.64. The summed E-state index contributed by atoms with van der Waals surface area (Å²) in [4.78, 5) is 29.8. The van der Waals surface area contributed by atoms with Gasteiger partial charge in [-0.2, -0.15) is 0 Å². The van der Waals surface area contributed by atoms with Gasteiger partial charge in [0.25, 0.3) is 0 Å². The fraction of sp³-hybridized carbons (Fsp3) is 0. The Morgan fingerprint density at radius 1 is 0.273 bits per heavy atom. The number of hydrogen-bond donors (Lipinski definition) is 0. The lowest BCUT2D eigenvalue weighted by Crippen LogP contribution is -2.01. The second-order valence-corrected chi connectivity index (χ2v) is 19.1. The molecular weight excluding hydrogens is 945 g/mol. The van der Waals surface area contributed by atoms with Gasteiger partial charge in [-0.05, 0) is 84.9 Å².